The van der Waals surface area contributed by atoms with Gasteiger partial charge in [-0.15, -0.1) is 0 Å². The largest absolute Gasteiger partial charge is 0.261 e. The van der Waals surface area contributed by atoms with E-state index in [2.05, 4.69) is 55.8 Å². The highest BCUT2D eigenvalue weighted by Gasteiger charge is 2.14. The van der Waals surface area contributed by atoms with Gasteiger partial charge in [0.15, 0.2) is 0 Å². The molecule has 0 aliphatic carbocycles. The fraction of sp³-hybridized carbons (Fsp3) is 0.462. The summed E-state index contributed by atoms with van der Waals surface area (Å²) in [6, 6.07) is 8.58. The van der Waals surface area contributed by atoms with Crippen LogP contribution in [-0.2, 0) is 0 Å². The minimum Gasteiger partial charge on any atom is -0.261 e. The van der Waals surface area contributed by atoms with E-state index in [0.717, 1.165) is 18.5 Å². The zero-order chi connectivity index (χ0) is 12.0. The van der Waals surface area contributed by atoms with Gasteiger partial charge in [0.25, 0.3) is 0 Å². The lowest BCUT2D eigenvalue weighted by Crippen LogP contribution is -2.13. The summed E-state index contributed by atoms with van der Waals surface area (Å²) in [6.07, 6.45) is 4.22. The van der Waals surface area contributed by atoms with E-state index < -0.39 is 7.22 Å². The maximum absolute atomic E-state index is 4.41. The van der Waals surface area contributed by atoms with E-state index in [4.69, 9.17) is 0 Å². The molecule has 0 saturated carbocycles. The minimum absolute atomic E-state index is 1.06. The predicted molar refractivity (Wildman–Crippen MR) is 78.7 cm³/mol. The van der Waals surface area contributed by atoms with Crippen molar-refractivity contribution in [3.05, 3.63) is 24.3 Å². The van der Waals surface area contributed by atoms with Crippen LogP contribution in [0.1, 0.15) is 19.8 Å². The number of unbranched alkanes of at least 4 members (excludes halogenated alkanes) is 1. The predicted octanol–water partition coefficient (Wildman–Crippen LogP) is 5.12. The first kappa shape index (κ1) is 13.5. The van der Waals surface area contributed by atoms with E-state index in [-0.39, 0.29) is 0 Å². The summed E-state index contributed by atoms with van der Waals surface area (Å²) in [5, 5.41) is 0. The van der Waals surface area contributed by atoms with Crippen molar-refractivity contribution in [1.29, 1.82) is 0 Å². The van der Waals surface area contributed by atoms with E-state index in [1.54, 1.807) is 0 Å². The molecule has 0 heterocycles. The van der Waals surface area contributed by atoms with Crippen LogP contribution < -0.4 is 0 Å². The van der Waals surface area contributed by atoms with Gasteiger partial charge in [-0.3, -0.25) is 4.99 Å². The summed E-state index contributed by atoms with van der Waals surface area (Å²) >= 11 is 2.02. The number of nitrogens with zero attached hydrogens (tertiary/aromatic N) is 1. The second kappa shape index (κ2) is 6.26. The number of hydrogen-bond donors (Lipinski definition) is 0. The number of hydrogen-bond acceptors (Lipinski definition) is 2. The van der Waals surface area contributed by atoms with Gasteiger partial charge in [0, 0.05) is 11.1 Å². The molecular formula is C13H21NSSi. The highest BCUT2D eigenvalue weighted by molar-refractivity contribution is 8.28. The Morgan fingerprint density at radius 3 is 2.31 bits per heavy atom. The molecule has 0 aromatic heterocycles. The summed E-state index contributed by atoms with van der Waals surface area (Å²) < 4.78 is 0. The van der Waals surface area contributed by atoms with Crippen LogP contribution in [0, 0.1) is 0 Å². The number of benzene rings is 1. The normalized spacial score (nSPS) is 12.2. The summed E-state index contributed by atoms with van der Waals surface area (Å²) in [7, 11) is -1.07. The second-order valence-electron chi connectivity index (χ2n) is 4.81. The fourth-order valence-corrected chi connectivity index (χ4v) is 4.76. The van der Waals surface area contributed by atoms with Crippen molar-refractivity contribution in [3.63, 3.8) is 0 Å². The number of aliphatic imine (C=N–C) groups is 1. The van der Waals surface area contributed by atoms with Crippen LogP contribution in [0.3, 0.4) is 0 Å². The maximum atomic E-state index is 4.41. The molecular weight excluding hydrogens is 230 g/mol. The van der Waals surface area contributed by atoms with Crippen LogP contribution in [-0.4, -0.2) is 13.4 Å². The number of rotatable bonds is 5. The van der Waals surface area contributed by atoms with E-state index in [1.165, 1.54) is 4.90 Å². The van der Waals surface area contributed by atoms with Gasteiger partial charge in [-0.2, -0.15) is 11.2 Å². The van der Waals surface area contributed by atoms with Crippen LogP contribution in [0.15, 0.2) is 34.2 Å². The van der Waals surface area contributed by atoms with Crippen molar-refractivity contribution in [3.8, 4) is 0 Å². The summed E-state index contributed by atoms with van der Waals surface area (Å²) in [5.74, 6) is 0. The third-order valence-corrected chi connectivity index (χ3v) is 5.58. The standard InChI is InChI=1S/C13H21NSSi/c1-5-6-11-14-12-7-9-13(10-8-12)15-16(2,3)4/h7-11H,5-6H2,1-4H3. The van der Waals surface area contributed by atoms with Crippen molar-refractivity contribution >= 4 is 30.3 Å². The minimum atomic E-state index is -1.07. The molecule has 0 atom stereocenters. The highest BCUT2D eigenvalue weighted by Crippen LogP contribution is 2.29. The monoisotopic (exact) mass is 251 g/mol. The molecule has 1 rings (SSSR count). The molecule has 1 aromatic rings. The molecule has 0 radical (unpaired) electrons. The SMILES string of the molecule is CCCC=Nc1ccc(S[Si](C)(C)C)cc1. The van der Waals surface area contributed by atoms with Crippen LogP contribution >= 0.6 is 11.2 Å². The molecule has 1 aromatic carbocycles. The molecule has 0 amide bonds. The van der Waals surface area contributed by atoms with E-state index >= 15 is 0 Å². The van der Waals surface area contributed by atoms with E-state index in [9.17, 15) is 0 Å². The van der Waals surface area contributed by atoms with Crippen molar-refractivity contribution in [1.82, 2.24) is 0 Å². The van der Waals surface area contributed by atoms with Crippen molar-refractivity contribution in [2.45, 2.75) is 44.3 Å². The van der Waals surface area contributed by atoms with Gasteiger partial charge in [0.05, 0.1) is 5.69 Å². The summed E-state index contributed by atoms with van der Waals surface area (Å²) in [5.41, 5.74) is 1.06. The fourth-order valence-electron chi connectivity index (χ4n) is 1.25. The molecule has 1 nitrogen and oxygen atoms in total. The summed E-state index contributed by atoms with van der Waals surface area (Å²) in [4.78, 5) is 5.78. The van der Waals surface area contributed by atoms with E-state index in [0.29, 0.717) is 0 Å². The van der Waals surface area contributed by atoms with Gasteiger partial charge in [0.1, 0.15) is 7.22 Å². The first-order valence-corrected chi connectivity index (χ1v) is 10.9. The molecule has 0 N–H and O–H groups in total. The van der Waals surface area contributed by atoms with Crippen LogP contribution in [0.4, 0.5) is 5.69 Å². The first-order chi connectivity index (χ1) is 7.51. The Bertz CT molecular complexity index is 338. The topological polar surface area (TPSA) is 12.4 Å². The molecule has 0 spiro atoms. The van der Waals surface area contributed by atoms with Gasteiger partial charge in [-0.05, 0) is 30.7 Å². The Labute approximate surface area is 104 Å². The Hall–Kier alpha value is -0.543. The molecule has 3 heteroatoms. The third kappa shape index (κ3) is 5.52. The highest BCUT2D eigenvalue weighted by atomic mass is 32.4. The molecule has 0 aliphatic rings. The lowest BCUT2D eigenvalue weighted by molar-refractivity contribution is 1.01. The Kier molecular flexibility index (Phi) is 5.29. The first-order valence-electron chi connectivity index (χ1n) is 5.83. The van der Waals surface area contributed by atoms with Crippen molar-refractivity contribution in [2.24, 2.45) is 4.99 Å². The molecule has 0 bridgehead atoms. The lowest BCUT2D eigenvalue weighted by atomic mass is 10.3. The molecule has 0 fully saturated rings. The Morgan fingerprint density at radius 2 is 1.81 bits per heavy atom. The van der Waals surface area contributed by atoms with Gasteiger partial charge in [-0.1, -0.05) is 33.0 Å². The van der Waals surface area contributed by atoms with Gasteiger partial charge in [0.2, 0.25) is 0 Å². The van der Waals surface area contributed by atoms with Crippen molar-refractivity contribution in [2.75, 3.05) is 0 Å². The van der Waals surface area contributed by atoms with Gasteiger partial charge >= 0.3 is 0 Å². The maximum Gasteiger partial charge on any atom is 0.114 e. The average molecular weight is 251 g/mol. The van der Waals surface area contributed by atoms with Crippen LogP contribution in [0.25, 0.3) is 0 Å². The van der Waals surface area contributed by atoms with Crippen LogP contribution in [0.5, 0.6) is 0 Å². The van der Waals surface area contributed by atoms with Gasteiger partial charge in [-0.25, -0.2) is 0 Å². The third-order valence-electron chi connectivity index (χ3n) is 1.92. The molecule has 88 valence electrons. The summed E-state index contributed by atoms with van der Waals surface area (Å²) in [6.45, 7) is 9.26. The Morgan fingerprint density at radius 1 is 1.19 bits per heavy atom. The smallest absolute Gasteiger partial charge is 0.114 e. The van der Waals surface area contributed by atoms with Crippen LogP contribution in [0.2, 0.25) is 19.6 Å². The second-order valence-corrected chi connectivity index (χ2v) is 14.0. The Balaban J connectivity index is 2.61. The zero-order valence-corrected chi connectivity index (χ0v) is 12.5. The van der Waals surface area contributed by atoms with Crippen molar-refractivity contribution < 1.29 is 0 Å². The zero-order valence-electron chi connectivity index (χ0n) is 10.7. The molecule has 0 saturated heterocycles. The molecule has 0 aliphatic heterocycles. The molecule has 0 unspecified atom stereocenters. The molecule has 16 heavy (non-hydrogen) atoms. The lowest BCUT2D eigenvalue weighted by Gasteiger charge is -2.14. The van der Waals surface area contributed by atoms with E-state index in [1.807, 2.05) is 17.4 Å². The average Bonchev–Trinajstić information content (AvgIpc) is 2.19. The quantitative estimate of drug-likeness (QED) is 0.523. The van der Waals surface area contributed by atoms with Gasteiger partial charge < -0.3 is 0 Å².